The summed E-state index contributed by atoms with van der Waals surface area (Å²) in [6, 6.07) is 0.338. The Kier molecular flexibility index (Phi) is 1.71. The fourth-order valence-corrected chi connectivity index (χ4v) is 0.776. The largest absolute Gasteiger partial charge is 0.387 e. The summed E-state index contributed by atoms with van der Waals surface area (Å²) in [7, 11) is 0. The third kappa shape index (κ3) is 1.68. The van der Waals surface area contributed by atoms with Crippen molar-refractivity contribution in [2.24, 2.45) is 5.92 Å². The molecule has 0 aromatic rings. The molecule has 0 aliphatic heterocycles. The lowest BCUT2D eigenvalue weighted by atomic mass is 10.5. The first kappa shape index (κ1) is 6.55. The van der Waals surface area contributed by atoms with E-state index in [1.54, 1.807) is 0 Å². The van der Waals surface area contributed by atoms with Gasteiger partial charge in [-0.2, -0.15) is 0 Å². The molecule has 0 saturated heterocycles. The Labute approximate surface area is 54.1 Å². The van der Waals surface area contributed by atoms with Crippen LogP contribution in [0.1, 0.15) is 13.3 Å². The van der Waals surface area contributed by atoms with Crippen molar-refractivity contribution >= 4 is 5.91 Å². The van der Waals surface area contributed by atoms with Gasteiger partial charge in [0.1, 0.15) is 6.61 Å². The summed E-state index contributed by atoms with van der Waals surface area (Å²) >= 11 is 0. The molecule has 1 amide bonds. The van der Waals surface area contributed by atoms with Crippen LogP contribution in [0.2, 0.25) is 0 Å². The summed E-state index contributed by atoms with van der Waals surface area (Å²) in [5.41, 5.74) is 0. The van der Waals surface area contributed by atoms with Crippen LogP contribution in [0, 0.1) is 5.92 Å². The van der Waals surface area contributed by atoms with E-state index in [4.69, 9.17) is 5.11 Å². The van der Waals surface area contributed by atoms with Crippen LogP contribution >= 0.6 is 0 Å². The summed E-state index contributed by atoms with van der Waals surface area (Å²) in [4.78, 5) is 10.4. The predicted molar refractivity (Wildman–Crippen MR) is 32.8 cm³/mol. The van der Waals surface area contributed by atoms with Gasteiger partial charge in [0, 0.05) is 6.04 Å². The van der Waals surface area contributed by atoms with E-state index < -0.39 is 0 Å². The lowest BCUT2D eigenvalue weighted by Crippen LogP contribution is -2.28. The normalized spacial score (nSPS) is 31.8. The molecule has 2 unspecified atom stereocenters. The number of nitrogens with one attached hydrogen (secondary N) is 1. The Hall–Kier alpha value is -0.570. The van der Waals surface area contributed by atoms with Crippen LogP contribution < -0.4 is 5.32 Å². The zero-order valence-corrected chi connectivity index (χ0v) is 5.42. The van der Waals surface area contributed by atoms with Gasteiger partial charge in [0.15, 0.2) is 0 Å². The Morgan fingerprint density at radius 3 is 2.78 bits per heavy atom. The number of aliphatic hydroxyl groups excluding tert-OH is 1. The van der Waals surface area contributed by atoms with Gasteiger partial charge in [-0.3, -0.25) is 4.79 Å². The third-order valence-electron chi connectivity index (χ3n) is 1.60. The summed E-state index contributed by atoms with van der Waals surface area (Å²) in [5, 5.41) is 11.0. The van der Waals surface area contributed by atoms with Crippen LogP contribution in [0.3, 0.4) is 0 Å². The maximum Gasteiger partial charge on any atom is 0.245 e. The van der Waals surface area contributed by atoms with Crippen LogP contribution in [-0.4, -0.2) is 23.7 Å². The maximum atomic E-state index is 10.4. The van der Waals surface area contributed by atoms with E-state index in [1.807, 2.05) is 0 Å². The van der Waals surface area contributed by atoms with E-state index in [-0.39, 0.29) is 12.5 Å². The molecule has 1 aliphatic carbocycles. The molecular weight excluding hydrogens is 118 g/mol. The minimum Gasteiger partial charge on any atom is -0.387 e. The molecule has 0 aromatic carbocycles. The van der Waals surface area contributed by atoms with Crippen LogP contribution in [0.4, 0.5) is 0 Å². The highest BCUT2D eigenvalue weighted by Crippen LogP contribution is 2.28. The summed E-state index contributed by atoms with van der Waals surface area (Å²) in [6.07, 6.45) is 1.06. The number of rotatable bonds is 2. The third-order valence-corrected chi connectivity index (χ3v) is 1.60. The molecule has 52 valence electrons. The van der Waals surface area contributed by atoms with E-state index >= 15 is 0 Å². The molecule has 3 nitrogen and oxygen atoms in total. The molecule has 0 spiro atoms. The first-order chi connectivity index (χ1) is 4.24. The number of carbonyl (C=O) groups is 1. The molecule has 0 heterocycles. The highest BCUT2D eigenvalue weighted by molar-refractivity contribution is 5.77. The first-order valence-corrected chi connectivity index (χ1v) is 3.14. The molecule has 1 saturated carbocycles. The maximum absolute atomic E-state index is 10.4. The number of carbonyl (C=O) groups excluding carboxylic acids is 1. The minimum absolute atomic E-state index is 0.260. The minimum atomic E-state index is -0.386. The summed E-state index contributed by atoms with van der Waals surface area (Å²) in [5.74, 6) is 0.352. The fraction of sp³-hybridized carbons (Fsp3) is 0.833. The lowest BCUT2D eigenvalue weighted by Gasteiger charge is -1.97. The topological polar surface area (TPSA) is 49.3 Å². The Morgan fingerprint density at radius 2 is 2.44 bits per heavy atom. The number of aliphatic hydroxyl groups is 1. The van der Waals surface area contributed by atoms with Crippen molar-refractivity contribution in [2.45, 2.75) is 19.4 Å². The van der Waals surface area contributed by atoms with E-state index in [9.17, 15) is 4.79 Å². The molecule has 0 radical (unpaired) electrons. The average Bonchev–Trinajstić information content (AvgIpc) is 2.47. The smallest absolute Gasteiger partial charge is 0.245 e. The van der Waals surface area contributed by atoms with Crippen molar-refractivity contribution in [1.29, 1.82) is 0 Å². The van der Waals surface area contributed by atoms with Crippen molar-refractivity contribution < 1.29 is 9.90 Å². The van der Waals surface area contributed by atoms with Crippen molar-refractivity contribution in [3.05, 3.63) is 0 Å². The zero-order valence-electron chi connectivity index (χ0n) is 5.42. The van der Waals surface area contributed by atoms with Crippen molar-refractivity contribution in [1.82, 2.24) is 5.32 Å². The molecule has 9 heavy (non-hydrogen) atoms. The quantitative estimate of drug-likeness (QED) is 0.528. The SMILES string of the molecule is CC1CC1NC(=O)CO. The molecule has 1 aliphatic rings. The monoisotopic (exact) mass is 129 g/mol. The summed E-state index contributed by atoms with van der Waals surface area (Å²) < 4.78 is 0. The fourth-order valence-electron chi connectivity index (χ4n) is 0.776. The van der Waals surface area contributed by atoms with Gasteiger partial charge in [-0.1, -0.05) is 6.92 Å². The second-order valence-electron chi connectivity index (χ2n) is 2.55. The molecule has 0 aromatic heterocycles. The molecular formula is C6H11NO2. The van der Waals surface area contributed by atoms with Gasteiger partial charge in [0.2, 0.25) is 5.91 Å². The van der Waals surface area contributed by atoms with Gasteiger partial charge < -0.3 is 10.4 Å². The van der Waals surface area contributed by atoms with E-state index in [0.29, 0.717) is 12.0 Å². The van der Waals surface area contributed by atoms with Crippen molar-refractivity contribution in [2.75, 3.05) is 6.61 Å². The number of hydrogen-bond acceptors (Lipinski definition) is 2. The average molecular weight is 129 g/mol. The van der Waals surface area contributed by atoms with Crippen LogP contribution in [0.5, 0.6) is 0 Å². The lowest BCUT2D eigenvalue weighted by molar-refractivity contribution is -0.124. The molecule has 1 rings (SSSR count). The molecule has 0 bridgehead atoms. The molecule has 2 N–H and O–H groups in total. The van der Waals surface area contributed by atoms with Gasteiger partial charge in [0.05, 0.1) is 0 Å². The van der Waals surface area contributed by atoms with E-state index in [2.05, 4.69) is 12.2 Å². The molecule has 2 atom stereocenters. The Morgan fingerprint density at radius 1 is 1.89 bits per heavy atom. The van der Waals surface area contributed by atoms with Gasteiger partial charge >= 0.3 is 0 Å². The van der Waals surface area contributed by atoms with Crippen molar-refractivity contribution in [3.63, 3.8) is 0 Å². The molecule has 1 fully saturated rings. The highest BCUT2D eigenvalue weighted by atomic mass is 16.3. The summed E-state index contributed by atoms with van der Waals surface area (Å²) in [6.45, 7) is 1.69. The standard InChI is InChI=1S/C6H11NO2/c1-4-2-5(4)7-6(9)3-8/h4-5,8H,2-3H2,1H3,(H,7,9). The van der Waals surface area contributed by atoms with E-state index in [1.165, 1.54) is 0 Å². The van der Waals surface area contributed by atoms with Crippen LogP contribution in [-0.2, 0) is 4.79 Å². The second-order valence-corrected chi connectivity index (χ2v) is 2.55. The predicted octanol–water partition coefficient (Wildman–Crippen LogP) is -0.497. The van der Waals surface area contributed by atoms with Crippen LogP contribution in [0.15, 0.2) is 0 Å². The van der Waals surface area contributed by atoms with Gasteiger partial charge in [-0.05, 0) is 12.3 Å². The highest BCUT2D eigenvalue weighted by Gasteiger charge is 2.33. The van der Waals surface area contributed by atoms with E-state index in [0.717, 1.165) is 6.42 Å². The van der Waals surface area contributed by atoms with Gasteiger partial charge in [-0.15, -0.1) is 0 Å². The first-order valence-electron chi connectivity index (χ1n) is 3.14. The Balaban J connectivity index is 2.12. The zero-order chi connectivity index (χ0) is 6.85. The van der Waals surface area contributed by atoms with Crippen molar-refractivity contribution in [3.8, 4) is 0 Å². The second kappa shape index (κ2) is 2.35. The van der Waals surface area contributed by atoms with Gasteiger partial charge in [-0.25, -0.2) is 0 Å². The number of hydrogen-bond donors (Lipinski definition) is 2. The van der Waals surface area contributed by atoms with Crippen LogP contribution in [0.25, 0.3) is 0 Å². The number of amides is 1. The Bertz CT molecular complexity index is 124. The molecule has 3 heteroatoms. The van der Waals surface area contributed by atoms with Gasteiger partial charge in [0.25, 0.3) is 0 Å².